The zero-order valence-electron chi connectivity index (χ0n) is 13.9. The van der Waals surface area contributed by atoms with E-state index in [4.69, 9.17) is 19.5 Å². The van der Waals surface area contributed by atoms with E-state index in [1.165, 1.54) is 7.11 Å². The highest BCUT2D eigenvalue weighted by molar-refractivity contribution is 5.90. The molecule has 5 nitrogen and oxygen atoms in total. The van der Waals surface area contributed by atoms with Crippen LogP contribution in [0.1, 0.15) is 35.3 Å². The minimum absolute atomic E-state index is 0.000755. The minimum Gasteiger partial charge on any atom is -0.493 e. The lowest BCUT2D eigenvalue weighted by atomic mass is 10.1. The highest BCUT2D eigenvalue weighted by atomic mass is 16.5. The summed E-state index contributed by atoms with van der Waals surface area (Å²) in [6.07, 6.45) is -0.000755. The molecule has 0 aromatic heterocycles. The Bertz CT molecular complexity index is 762. The fourth-order valence-corrected chi connectivity index (χ4v) is 2.13. The number of ether oxygens (including phenoxy) is 3. The summed E-state index contributed by atoms with van der Waals surface area (Å²) in [5, 5.41) is 9.05. The van der Waals surface area contributed by atoms with Crippen LogP contribution in [0.25, 0.3) is 0 Å². The van der Waals surface area contributed by atoms with Crippen LogP contribution in [0.4, 0.5) is 0 Å². The molecule has 2 rings (SSSR count). The van der Waals surface area contributed by atoms with Gasteiger partial charge in [0.2, 0.25) is 0 Å². The Morgan fingerprint density at radius 2 is 1.92 bits per heavy atom. The van der Waals surface area contributed by atoms with Crippen LogP contribution < -0.4 is 9.47 Å². The lowest BCUT2D eigenvalue weighted by Gasteiger charge is -2.14. The zero-order valence-corrected chi connectivity index (χ0v) is 13.9. The number of carbonyl (C=O) groups excluding carboxylic acids is 1. The van der Waals surface area contributed by atoms with Crippen molar-refractivity contribution < 1.29 is 19.0 Å². The van der Waals surface area contributed by atoms with Crippen molar-refractivity contribution in [2.75, 3.05) is 7.11 Å². The summed E-state index contributed by atoms with van der Waals surface area (Å²) in [5.41, 5.74) is 1.51. The molecule has 24 heavy (non-hydrogen) atoms. The fourth-order valence-electron chi connectivity index (χ4n) is 2.13. The molecule has 0 fully saturated rings. The van der Waals surface area contributed by atoms with E-state index in [1.54, 1.807) is 42.5 Å². The van der Waals surface area contributed by atoms with Gasteiger partial charge in [-0.2, -0.15) is 5.26 Å². The normalized spacial score (nSPS) is 10.1. The van der Waals surface area contributed by atoms with Gasteiger partial charge < -0.3 is 14.2 Å². The number of rotatable bonds is 6. The number of carbonyl (C=O) groups is 1. The second kappa shape index (κ2) is 8.02. The Morgan fingerprint density at radius 1 is 1.17 bits per heavy atom. The number of nitrogens with zero attached hydrogens (tertiary/aromatic N) is 1. The van der Waals surface area contributed by atoms with Crippen LogP contribution in [0, 0.1) is 11.3 Å². The number of esters is 1. The summed E-state index contributed by atoms with van der Waals surface area (Å²) < 4.78 is 16.2. The molecular formula is C19H19NO4. The standard InChI is InChI=1S/C19H19NO4/c1-13(2)24-17-9-8-14(10-18(17)22-3)19(21)23-12-16-7-5-4-6-15(16)11-20/h4-10,13H,12H2,1-3H3. The van der Waals surface area contributed by atoms with Gasteiger partial charge in [0.05, 0.1) is 30.4 Å². The smallest absolute Gasteiger partial charge is 0.338 e. The number of hydrogen-bond acceptors (Lipinski definition) is 5. The van der Waals surface area contributed by atoms with Crippen LogP contribution in [-0.4, -0.2) is 19.2 Å². The van der Waals surface area contributed by atoms with Crippen LogP contribution in [0.15, 0.2) is 42.5 Å². The van der Waals surface area contributed by atoms with Crippen molar-refractivity contribution in [3.63, 3.8) is 0 Å². The van der Waals surface area contributed by atoms with Gasteiger partial charge in [0.15, 0.2) is 11.5 Å². The lowest BCUT2D eigenvalue weighted by molar-refractivity contribution is 0.0472. The van der Waals surface area contributed by atoms with Gasteiger partial charge in [0.25, 0.3) is 0 Å². The van der Waals surface area contributed by atoms with Crippen molar-refractivity contribution >= 4 is 5.97 Å². The number of nitriles is 1. The highest BCUT2D eigenvalue weighted by Gasteiger charge is 2.14. The molecular weight excluding hydrogens is 306 g/mol. The predicted molar refractivity (Wildman–Crippen MR) is 89.0 cm³/mol. The van der Waals surface area contributed by atoms with Crippen molar-refractivity contribution in [3.8, 4) is 17.6 Å². The fraction of sp³-hybridized carbons (Fsp3) is 0.263. The summed E-state index contributed by atoms with van der Waals surface area (Å²) in [6, 6.07) is 14.0. The molecule has 2 aromatic carbocycles. The second-order valence-electron chi connectivity index (χ2n) is 5.38. The maximum absolute atomic E-state index is 12.2. The molecule has 0 heterocycles. The predicted octanol–water partition coefficient (Wildman–Crippen LogP) is 3.71. The van der Waals surface area contributed by atoms with Crippen LogP contribution in [0.2, 0.25) is 0 Å². The molecule has 0 aliphatic heterocycles. The van der Waals surface area contributed by atoms with E-state index in [1.807, 2.05) is 13.8 Å². The van der Waals surface area contributed by atoms with E-state index in [0.717, 1.165) is 0 Å². The van der Waals surface area contributed by atoms with Crippen molar-refractivity contribution in [1.82, 2.24) is 0 Å². The summed E-state index contributed by atoms with van der Waals surface area (Å²) in [5.74, 6) is 0.548. The van der Waals surface area contributed by atoms with E-state index in [9.17, 15) is 4.79 Å². The molecule has 0 radical (unpaired) electrons. The van der Waals surface area contributed by atoms with Crippen molar-refractivity contribution in [1.29, 1.82) is 5.26 Å². The average Bonchev–Trinajstić information content (AvgIpc) is 2.59. The second-order valence-corrected chi connectivity index (χ2v) is 5.38. The van der Waals surface area contributed by atoms with E-state index in [-0.39, 0.29) is 12.7 Å². The first-order valence-corrected chi connectivity index (χ1v) is 7.55. The third-order valence-electron chi connectivity index (χ3n) is 3.26. The molecule has 0 amide bonds. The maximum atomic E-state index is 12.2. The van der Waals surface area contributed by atoms with Gasteiger partial charge in [-0.15, -0.1) is 0 Å². The SMILES string of the molecule is COc1cc(C(=O)OCc2ccccc2C#N)ccc1OC(C)C. The molecule has 2 aromatic rings. The van der Waals surface area contributed by atoms with E-state index in [2.05, 4.69) is 6.07 Å². The molecule has 5 heteroatoms. The maximum Gasteiger partial charge on any atom is 0.338 e. The van der Waals surface area contributed by atoms with Gasteiger partial charge in [-0.05, 0) is 38.1 Å². The van der Waals surface area contributed by atoms with E-state index < -0.39 is 5.97 Å². The highest BCUT2D eigenvalue weighted by Crippen LogP contribution is 2.29. The number of methoxy groups -OCH3 is 1. The molecule has 0 bridgehead atoms. The molecule has 0 N–H and O–H groups in total. The first-order chi connectivity index (χ1) is 11.5. The van der Waals surface area contributed by atoms with Crippen LogP contribution >= 0.6 is 0 Å². The Balaban J connectivity index is 2.11. The number of benzene rings is 2. The molecule has 0 atom stereocenters. The topological polar surface area (TPSA) is 68.5 Å². The average molecular weight is 325 g/mol. The van der Waals surface area contributed by atoms with Gasteiger partial charge in [-0.1, -0.05) is 18.2 Å². The quantitative estimate of drug-likeness (QED) is 0.757. The van der Waals surface area contributed by atoms with E-state index >= 15 is 0 Å². The molecule has 0 aliphatic carbocycles. The molecule has 0 aliphatic rings. The lowest BCUT2D eigenvalue weighted by Crippen LogP contribution is -2.09. The first kappa shape index (κ1) is 17.4. The van der Waals surface area contributed by atoms with Crippen LogP contribution in [0.5, 0.6) is 11.5 Å². The largest absolute Gasteiger partial charge is 0.493 e. The molecule has 0 saturated heterocycles. The van der Waals surface area contributed by atoms with Crippen molar-refractivity contribution in [3.05, 3.63) is 59.2 Å². The van der Waals surface area contributed by atoms with E-state index in [0.29, 0.717) is 28.2 Å². The Kier molecular flexibility index (Phi) is 5.80. The molecule has 0 saturated carbocycles. The minimum atomic E-state index is -0.489. The van der Waals surface area contributed by atoms with Gasteiger partial charge >= 0.3 is 5.97 Å². The van der Waals surface area contributed by atoms with Crippen LogP contribution in [0.3, 0.4) is 0 Å². The van der Waals surface area contributed by atoms with Crippen molar-refractivity contribution in [2.24, 2.45) is 0 Å². The molecule has 0 spiro atoms. The number of hydrogen-bond donors (Lipinski definition) is 0. The first-order valence-electron chi connectivity index (χ1n) is 7.55. The van der Waals surface area contributed by atoms with Gasteiger partial charge in [-0.25, -0.2) is 4.79 Å². The monoisotopic (exact) mass is 325 g/mol. The Labute approximate surface area is 141 Å². The Hall–Kier alpha value is -3.00. The summed E-state index contributed by atoms with van der Waals surface area (Å²) >= 11 is 0. The Morgan fingerprint density at radius 3 is 2.58 bits per heavy atom. The van der Waals surface area contributed by atoms with Gasteiger partial charge in [0, 0.05) is 5.56 Å². The van der Waals surface area contributed by atoms with Crippen molar-refractivity contribution in [2.45, 2.75) is 26.6 Å². The third-order valence-corrected chi connectivity index (χ3v) is 3.26. The molecule has 124 valence electrons. The van der Waals surface area contributed by atoms with Gasteiger partial charge in [0.1, 0.15) is 6.61 Å². The summed E-state index contributed by atoms with van der Waals surface area (Å²) in [4.78, 5) is 12.2. The molecule has 0 unspecified atom stereocenters. The van der Waals surface area contributed by atoms with Crippen LogP contribution in [-0.2, 0) is 11.3 Å². The third kappa shape index (κ3) is 4.26. The summed E-state index contributed by atoms with van der Waals surface area (Å²) in [7, 11) is 1.51. The summed E-state index contributed by atoms with van der Waals surface area (Å²) in [6.45, 7) is 3.86. The van der Waals surface area contributed by atoms with Gasteiger partial charge in [-0.3, -0.25) is 0 Å². The zero-order chi connectivity index (χ0) is 17.5.